The van der Waals surface area contributed by atoms with Crippen molar-refractivity contribution in [2.45, 2.75) is 19.4 Å². The molecule has 0 bridgehead atoms. The predicted octanol–water partition coefficient (Wildman–Crippen LogP) is 6.30. The molecule has 1 nitrogen and oxygen atoms in total. The summed E-state index contributed by atoms with van der Waals surface area (Å²) in [5, 5.41) is 5.53. The molecule has 21 heavy (non-hydrogen) atoms. The molecule has 2 aromatic carbocycles. The summed E-state index contributed by atoms with van der Waals surface area (Å²) in [6.45, 7) is 2.91. The second-order valence-corrected chi connectivity index (χ2v) is 6.88. The van der Waals surface area contributed by atoms with Gasteiger partial charge in [-0.15, -0.1) is 0 Å². The van der Waals surface area contributed by atoms with Crippen LogP contribution in [0.5, 0.6) is 0 Å². The Morgan fingerprint density at radius 2 is 1.76 bits per heavy atom. The van der Waals surface area contributed by atoms with Crippen LogP contribution in [0.3, 0.4) is 0 Å². The van der Waals surface area contributed by atoms with Crippen molar-refractivity contribution < 1.29 is 0 Å². The van der Waals surface area contributed by atoms with Gasteiger partial charge in [-0.25, -0.2) is 0 Å². The maximum atomic E-state index is 6.28. The van der Waals surface area contributed by atoms with Crippen molar-refractivity contribution in [3.63, 3.8) is 0 Å². The lowest BCUT2D eigenvalue weighted by molar-refractivity contribution is 0.550. The van der Waals surface area contributed by atoms with E-state index in [1.54, 1.807) is 0 Å². The summed E-state index contributed by atoms with van der Waals surface area (Å²) in [5.41, 5.74) is 2.05. The van der Waals surface area contributed by atoms with Gasteiger partial charge >= 0.3 is 0 Å². The number of likely N-dealkylation sites (N-methyl/N-ethyl adjacent to an activating group) is 1. The van der Waals surface area contributed by atoms with Crippen LogP contribution in [-0.2, 0) is 6.42 Å². The smallest absolute Gasteiger partial charge is 0.0453 e. The van der Waals surface area contributed by atoms with Gasteiger partial charge in [-0.2, -0.15) is 0 Å². The Balaban J connectivity index is 2.35. The average Bonchev–Trinajstić information content (AvgIpc) is 2.40. The van der Waals surface area contributed by atoms with Crippen molar-refractivity contribution >= 4 is 50.7 Å². The number of hydrogen-bond donors (Lipinski definition) is 1. The van der Waals surface area contributed by atoms with Gasteiger partial charge in [0.15, 0.2) is 0 Å². The minimum atomic E-state index is 0.0994. The normalized spacial score (nSPS) is 12.4. The van der Waals surface area contributed by atoms with E-state index in [0.717, 1.165) is 22.1 Å². The molecule has 0 aromatic heterocycles. The first kappa shape index (κ1) is 17.1. The van der Waals surface area contributed by atoms with Crippen molar-refractivity contribution in [1.82, 2.24) is 5.32 Å². The molecule has 0 spiro atoms. The summed E-state index contributed by atoms with van der Waals surface area (Å²) in [6.07, 6.45) is 0.707. The predicted molar refractivity (Wildman–Crippen MR) is 95.7 cm³/mol. The molecule has 0 saturated heterocycles. The molecular formula is C16H15BrCl3N. The van der Waals surface area contributed by atoms with Crippen LogP contribution in [0.1, 0.15) is 24.1 Å². The van der Waals surface area contributed by atoms with E-state index in [9.17, 15) is 0 Å². The minimum Gasteiger partial charge on any atom is -0.310 e. The average molecular weight is 408 g/mol. The van der Waals surface area contributed by atoms with E-state index in [4.69, 9.17) is 34.8 Å². The Hall–Kier alpha value is -0.250. The van der Waals surface area contributed by atoms with Gasteiger partial charge < -0.3 is 5.32 Å². The van der Waals surface area contributed by atoms with Crippen LogP contribution < -0.4 is 5.32 Å². The van der Waals surface area contributed by atoms with Gasteiger partial charge in [0.05, 0.1) is 0 Å². The zero-order valence-electron chi connectivity index (χ0n) is 11.5. The van der Waals surface area contributed by atoms with Crippen LogP contribution in [-0.4, -0.2) is 6.54 Å². The molecule has 0 aliphatic heterocycles. The molecule has 1 unspecified atom stereocenters. The molecule has 0 aliphatic carbocycles. The van der Waals surface area contributed by atoms with Gasteiger partial charge in [0, 0.05) is 25.6 Å². The van der Waals surface area contributed by atoms with Crippen molar-refractivity contribution in [3.8, 4) is 0 Å². The van der Waals surface area contributed by atoms with Gasteiger partial charge in [0.2, 0.25) is 0 Å². The molecule has 0 radical (unpaired) electrons. The summed E-state index contributed by atoms with van der Waals surface area (Å²) in [4.78, 5) is 0. The summed E-state index contributed by atoms with van der Waals surface area (Å²) in [5.74, 6) is 0. The van der Waals surface area contributed by atoms with Crippen LogP contribution in [0.15, 0.2) is 40.9 Å². The Kier molecular flexibility index (Phi) is 6.39. The fourth-order valence-electron chi connectivity index (χ4n) is 2.26. The molecule has 112 valence electrons. The second-order valence-electron chi connectivity index (χ2n) is 4.72. The summed E-state index contributed by atoms with van der Waals surface area (Å²) >= 11 is 22.2. The van der Waals surface area contributed by atoms with Crippen LogP contribution in [0, 0.1) is 0 Å². The largest absolute Gasteiger partial charge is 0.310 e. The zero-order chi connectivity index (χ0) is 15.4. The standard InChI is InChI=1S/C16H15BrCl3N/c1-2-21-16(10-6-11(17)8-12(18)7-10)9-13-14(19)4-3-5-15(13)20/h3-8,16,21H,2,9H2,1H3. The van der Waals surface area contributed by atoms with Crippen molar-refractivity contribution in [2.24, 2.45) is 0 Å². The Bertz CT molecular complexity index is 590. The lowest BCUT2D eigenvalue weighted by Crippen LogP contribution is -2.23. The minimum absolute atomic E-state index is 0.0994. The highest BCUT2D eigenvalue weighted by Gasteiger charge is 2.16. The molecule has 2 aromatic rings. The van der Waals surface area contributed by atoms with Gasteiger partial charge in [-0.05, 0) is 54.4 Å². The van der Waals surface area contributed by atoms with E-state index >= 15 is 0 Å². The SMILES string of the molecule is CCNC(Cc1c(Cl)cccc1Cl)c1cc(Cl)cc(Br)c1. The third-order valence-electron chi connectivity index (χ3n) is 3.21. The van der Waals surface area contributed by atoms with Crippen LogP contribution >= 0.6 is 50.7 Å². The third kappa shape index (κ3) is 4.61. The number of hydrogen-bond acceptors (Lipinski definition) is 1. The highest BCUT2D eigenvalue weighted by Crippen LogP contribution is 2.31. The molecule has 2 rings (SSSR count). The van der Waals surface area contributed by atoms with E-state index in [1.807, 2.05) is 30.3 Å². The van der Waals surface area contributed by atoms with Crippen molar-refractivity contribution in [3.05, 3.63) is 67.1 Å². The molecule has 0 fully saturated rings. The first-order valence-corrected chi connectivity index (χ1v) is 8.56. The van der Waals surface area contributed by atoms with Crippen LogP contribution in [0.25, 0.3) is 0 Å². The summed E-state index contributed by atoms with van der Waals surface area (Å²) < 4.78 is 0.957. The highest BCUT2D eigenvalue weighted by molar-refractivity contribution is 9.10. The van der Waals surface area contributed by atoms with Gasteiger partial charge in [0.25, 0.3) is 0 Å². The Morgan fingerprint density at radius 1 is 1.10 bits per heavy atom. The van der Waals surface area contributed by atoms with E-state index < -0.39 is 0 Å². The summed E-state index contributed by atoms with van der Waals surface area (Å²) in [7, 11) is 0. The Labute approximate surface area is 148 Å². The maximum Gasteiger partial charge on any atom is 0.0453 e. The van der Waals surface area contributed by atoms with E-state index in [2.05, 4.69) is 34.2 Å². The van der Waals surface area contributed by atoms with Crippen molar-refractivity contribution in [1.29, 1.82) is 0 Å². The fraction of sp³-hybridized carbons (Fsp3) is 0.250. The van der Waals surface area contributed by atoms with E-state index in [0.29, 0.717) is 21.5 Å². The second kappa shape index (κ2) is 7.85. The number of rotatable bonds is 5. The molecule has 0 heterocycles. The first-order valence-electron chi connectivity index (χ1n) is 6.63. The molecule has 1 N–H and O–H groups in total. The topological polar surface area (TPSA) is 12.0 Å². The van der Waals surface area contributed by atoms with E-state index in [1.165, 1.54) is 0 Å². The fourth-order valence-corrected chi connectivity index (χ4v) is 3.70. The lowest BCUT2D eigenvalue weighted by atomic mass is 9.98. The third-order valence-corrected chi connectivity index (χ3v) is 4.59. The van der Waals surface area contributed by atoms with Gasteiger partial charge in [-0.3, -0.25) is 0 Å². The summed E-state index contributed by atoms with van der Waals surface area (Å²) in [6, 6.07) is 11.6. The molecule has 0 saturated carbocycles. The van der Waals surface area contributed by atoms with Crippen molar-refractivity contribution in [2.75, 3.05) is 6.54 Å². The number of benzene rings is 2. The Morgan fingerprint density at radius 3 is 2.33 bits per heavy atom. The molecule has 1 atom stereocenters. The molecule has 5 heteroatoms. The van der Waals surface area contributed by atoms with Crippen LogP contribution in [0.2, 0.25) is 15.1 Å². The monoisotopic (exact) mass is 405 g/mol. The zero-order valence-corrected chi connectivity index (χ0v) is 15.3. The van der Waals surface area contributed by atoms with Crippen LogP contribution in [0.4, 0.5) is 0 Å². The molecule has 0 amide bonds. The van der Waals surface area contributed by atoms with Gasteiger partial charge in [-0.1, -0.05) is 63.7 Å². The first-order chi connectivity index (χ1) is 10.0. The highest BCUT2D eigenvalue weighted by atomic mass is 79.9. The molecular weight excluding hydrogens is 392 g/mol. The lowest BCUT2D eigenvalue weighted by Gasteiger charge is -2.20. The number of halogens is 4. The maximum absolute atomic E-state index is 6.28. The van der Waals surface area contributed by atoms with E-state index in [-0.39, 0.29) is 6.04 Å². The van der Waals surface area contributed by atoms with Gasteiger partial charge in [0.1, 0.15) is 0 Å². The molecule has 0 aliphatic rings. The quantitative estimate of drug-likeness (QED) is 0.613. The number of nitrogens with one attached hydrogen (secondary N) is 1.